The van der Waals surface area contributed by atoms with E-state index >= 15 is 0 Å². The summed E-state index contributed by atoms with van der Waals surface area (Å²) in [6.45, 7) is 5.30. The summed E-state index contributed by atoms with van der Waals surface area (Å²) in [5, 5.41) is 13.3. The summed E-state index contributed by atoms with van der Waals surface area (Å²) in [6.07, 6.45) is 1.18. The topological polar surface area (TPSA) is 169 Å². The number of morpholine rings is 1. The summed E-state index contributed by atoms with van der Waals surface area (Å²) < 4.78 is 66.3. The average molecular weight is 889 g/mol. The minimum absolute atomic E-state index is 0.0335. The molecule has 7 heterocycles. The molecule has 1 aromatic carbocycles. The highest BCUT2D eigenvalue weighted by molar-refractivity contribution is 6.08. The second-order valence-corrected chi connectivity index (χ2v) is 16.9. The molecule has 17 nitrogen and oxygen atoms in total. The molecular formula is C43H48F4N12O5. The fourth-order valence-corrected chi connectivity index (χ4v) is 9.37. The van der Waals surface area contributed by atoms with Crippen LogP contribution in [0.5, 0.6) is 0 Å². The van der Waals surface area contributed by atoms with Crippen molar-refractivity contribution in [1.29, 1.82) is 0 Å². The third-order valence-corrected chi connectivity index (χ3v) is 12.8. The number of alkyl halides is 4. The van der Waals surface area contributed by atoms with Crippen LogP contribution in [0, 0.1) is 17.8 Å². The number of hydrogen-bond donors (Lipinski definition) is 2. The van der Waals surface area contributed by atoms with Gasteiger partial charge in [0.25, 0.3) is 18.8 Å². The number of hydrogen-bond acceptors (Lipinski definition) is 11. The SMILES string of the molecule is Cn1c(=O)n(C2CCC(=O)NC2=O)c2cccc(C#CCN3CCN(C[C@H]4CC[C@H](n5cc(NC(=O)c6cnn7ccc(N8CCOC(C(F)F)C8)nc67)c(C(F)F)n5)CC4)CC3)c21. The molecule has 9 rings (SSSR count). The molecule has 0 bridgehead atoms. The molecule has 4 aromatic heterocycles. The highest BCUT2D eigenvalue weighted by atomic mass is 19.3. The number of amides is 3. The lowest BCUT2D eigenvalue weighted by Gasteiger charge is -2.37. The molecule has 1 saturated carbocycles. The third-order valence-electron chi connectivity index (χ3n) is 12.8. The van der Waals surface area contributed by atoms with Crippen molar-refractivity contribution in [2.45, 2.75) is 69.6 Å². The van der Waals surface area contributed by atoms with Gasteiger partial charge in [0, 0.05) is 65.1 Å². The maximum atomic E-state index is 14.3. The fraction of sp³-hybridized carbons (Fsp3) is 0.512. The number of piperidine rings is 1. The number of nitrogens with one attached hydrogen (secondary N) is 2. The number of benzene rings is 1. The number of carbonyl (C=O) groups is 3. The van der Waals surface area contributed by atoms with E-state index in [0.29, 0.717) is 41.4 Å². The molecule has 3 saturated heterocycles. The Labute approximate surface area is 364 Å². The Bertz CT molecular complexity index is 2680. The van der Waals surface area contributed by atoms with Crippen LogP contribution < -0.4 is 21.2 Å². The summed E-state index contributed by atoms with van der Waals surface area (Å²) in [4.78, 5) is 62.0. The van der Waals surface area contributed by atoms with Gasteiger partial charge in [0.1, 0.15) is 23.5 Å². The van der Waals surface area contributed by atoms with Crippen molar-refractivity contribution in [2.75, 3.05) is 69.2 Å². The molecule has 2 unspecified atom stereocenters. The second kappa shape index (κ2) is 18.2. The molecule has 0 spiro atoms. The van der Waals surface area contributed by atoms with Crippen LogP contribution in [0.2, 0.25) is 0 Å². The van der Waals surface area contributed by atoms with Gasteiger partial charge in [-0.1, -0.05) is 17.9 Å². The molecule has 4 fully saturated rings. The van der Waals surface area contributed by atoms with Crippen molar-refractivity contribution in [3.63, 3.8) is 0 Å². The largest absolute Gasteiger partial charge is 0.369 e. The van der Waals surface area contributed by atoms with Crippen LogP contribution in [0.4, 0.5) is 29.1 Å². The van der Waals surface area contributed by atoms with Gasteiger partial charge in [-0.25, -0.2) is 31.9 Å². The lowest BCUT2D eigenvalue weighted by atomic mass is 9.85. The van der Waals surface area contributed by atoms with Crippen LogP contribution in [0.1, 0.15) is 78.6 Å². The third kappa shape index (κ3) is 8.73. The Morgan fingerprint density at radius 2 is 1.78 bits per heavy atom. The molecule has 2 atom stereocenters. The van der Waals surface area contributed by atoms with Gasteiger partial charge in [0.2, 0.25) is 11.8 Å². The number of piperazine rings is 1. The van der Waals surface area contributed by atoms with Gasteiger partial charge in [-0.15, -0.1) is 0 Å². The highest BCUT2D eigenvalue weighted by Gasteiger charge is 2.33. The minimum atomic E-state index is -2.93. The first-order valence-corrected chi connectivity index (χ1v) is 21.6. The van der Waals surface area contributed by atoms with E-state index in [4.69, 9.17) is 4.74 Å². The van der Waals surface area contributed by atoms with Gasteiger partial charge in [0.15, 0.2) is 11.3 Å². The zero-order valence-corrected chi connectivity index (χ0v) is 35.1. The van der Waals surface area contributed by atoms with Crippen LogP contribution in [-0.2, 0) is 21.4 Å². The molecule has 5 aromatic rings. The summed E-state index contributed by atoms with van der Waals surface area (Å²) in [5.74, 6) is 5.82. The lowest BCUT2D eigenvalue weighted by molar-refractivity contribution is -0.135. The minimum Gasteiger partial charge on any atom is -0.369 e. The van der Waals surface area contributed by atoms with Gasteiger partial charge in [-0.05, 0) is 56.2 Å². The van der Waals surface area contributed by atoms with E-state index in [-0.39, 0.29) is 60.5 Å². The number of halogens is 4. The number of para-hydroxylation sites is 1. The first-order valence-electron chi connectivity index (χ1n) is 21.6. The zero-order valence-electron chi connectivity index (χ0n) is 35.1. The molecule has 21 heteroatoms. The summed E-state index contributed by atoms with van der Waals surface area (Å²) >= 11 is 0. The van der Waals surface area contributed by atoms with Crippen molar-refractivity contribution < 1.29 is 36.7 Å². The number of ether oxygens (including phenoxy) is 1. The molecule has 2 N–H and O–H groups in total. The van der Waals surface area contributed by atoms with Crippen LogP contribution in [0.25, 0.3) is 16.7 Å². The van der Waals surface area contributed by atoms with Crippen molar-refractivity contribution in [3.05, 3.63) is 70.2 Å². The van der Waals surface area contributed by atoms with E-state index in [1.807, 2.05) is 12.1 Å². The number of anilines is 2. The van der Waals surface area contributed by atoms with Crippen LogP contribution >= 0.6 is 0 Å². The number of carbonyl (C=O) groups excluding carboxylic acids is 3. The number of imide groups is 1. The van der Waals surface area contributed by atoms with Gasteiger partial charge in [-0.3, -0.25) is 38.4 Å². The van der Waals surface area contributed by atoms with E-state index in [0.717, 1.165) is 58.4 Å². The van der Waals surface area contributed by atoms with E-state index in [1.165, 1.54) is 26.0 Å². The molecule has 338 valence electrons. The number of imidazole rings is 1. The van der Waals surface area contributed by atoms with Crippen molar-refractivity contribution in [2.24, 2.45) is 13.0 Å². The maximum Gasteiger partial charge on any atom is 0.329 e. The van der Waals surface area contributed by atoms with Crippen molar-refractivity contribution in [3.8, 4) is 11.8 Å². The monoisotopic (exact) mass is 888 g/mol. The predicted molar refractivity (Wildman–Crippen MR) is 225 cm³/mol. The molecule has 3 aliphatic heterocycles. The molecule has 1 aliphatic carbocycles. The Morgan fingerprint density at radius 1 is 1.00 bits per heavy atom. The van der Waals surface area contributed by atoms with Gasteiger partial charge in [-0.2, -0.15) is 10.2 Å². The van der Waals surface area contributed by atoms with E-state index < -0.39 is 42.5 Å². The molecule has 3 amide bonds. The summed E-state index contributed by atoms with van der Waals surface area (Å²) in [5.41, 5.74) is 1.16. The number of aryl methyl sites for hydroxylation is 1. The standard InChI is InChI=1S/C43H48F4N12O5/c1-53-37-27(4-2-6-31(37)59(43(53)63)32-11-12-35(60)51-42(32)62)5-3-14-54-16-18-55(19-17-54)23-26-7-9-28(10-8-26)58-24-30(36(52-58)39(46)47)49-41(61)29-22-48-57-15-13-34(50-40(29)57)56-20-21-64-33(25-56)38(44)45/h2,4,6,13,15,22,24,26,28,32-33,38-39H,7-12,14,16-21,23,25H2,1H3,(H,49,61)(H,51,60,62)/t26-,28-,32?,33?. The first kappa shape index (κ1) is 43.2. The molecule has 0 radical (unpaired) electrons. The number of fused-ring (bicyclic) bond motifs is 2. The highest BCUT2D eigenvalue weighted by Crippen LogP contribution is 2.36. The molecule has 4 aliphatic rings. The zero-order chi connectivity index (χ0) is 44.6. The van der Waals surface area contributed by atoms with Gasteiger partial charge >= 0.3 is 5.69 Å². The number of aromatic nitrogens is 7. The first-order chi connectivity index (χ1) is 30.9. The Balaban J connectivity index is 0.769. The van der Waals surface area contributed by atoms with Gasteiger partial charge in [0.05, 0.1) is 54.2 Å². The summed E-state index contributed by atoms with van der Waals surface area (Å²) in [7, 11) is 1.66. The normalized spacial score (nSPS) is 22.6. The van der Waals surface area contributed by atoms with Crippen molar-refractivity contribution in [1.82, 2.24) is 48.6 Å². The van der Waals surface area contributed by atoms with Crippen LogP contribution in [0.15, 0.2) is 47.7 Å². The van der Waals surface area contributed by atoms with E-state index in [2.05, 4.69) is 47.5 Å². The predicted octanol–water partition coefficient (Wildman–Crippen LogP) is 3.62. The van der Waals surface area contributed by atoms with Crippen LogP contribution in [-0.4, -0.2) is 133 Å². The number of nitrogens with zero attached hydrogens (tertiary/aromatic N) is 10. The lowest BCUT2D eigenvalue weighted by Crippen LogP contribution is -2.48. The number of rotatable bonds is 10. The van der Waals surface area contributed by atoms with E-state index in [1.54, 1.807) is 35.0 Å². The molecular weight excluding hydrogens is 841 g/mol. The summed E-state index contributed by atoms with van der Waals surface area (Å²) in [6, 6.07) is 6.21. The van der Waals surface area contributed by atoms with Gasteiger partial charge < -0.3 is 19.9 Å². The maximum absolute atomic E-state index is 14.3. The quantitative estimate of drug-likeness (QED) is 0.119. The Morgan fingerprint density at radius 3 is 2.53 bits per heavy atom. The average Bonchev–Trinajstić information content (AvgIpc) is 3.99. The second-order valence-electron chi connectivity index (χ2n) is 16.9. The van der Waals surface area contributed by atoms with Crippen LogP contribution in [0.3, 0.4) is 0 Å². The fourth-order valence-electron chi connectivity index (χ4n) is 9.37. The van der Waals surface area contributed by atoms with Crippen molar-refractivity contribution >= 4 is 45.9 Å². The Kier molecular flexibility index (Phi) is 12.3. The van der Waals surface area contributed by atoms with E-state index in [9.17, 15) is 36.7 Å². The Hall–Kier alpha value is -6.11. The smallest absolute Gasteiger partial charge is 0.329 e. The molecule has 64 heavy (non-hydrogen) atoms.